The topological polar surface area (TPSA) is 52.5 Å². The molecule has 0 atom stereocenters. The van der Waals surface area contributed by atoms with Gasteiger partial charge in [0.05, 0.1) is 6.61 Å². The molecule has 0 fully saturated rings. The second-order valence-electron chi connectivity index (χ2n) is 6.26. The first-order valence-electron chi connectivity index (χ1n) is 8.81. The predicted molar refractivity (Wildman–Crippen MR) is 110 cm³/mol. The van der Waals surface area contributed by atoms with Gasteiger partial charge in [-0.1, -0.05) is 30.3 Å². The summed E-state index contributed by atoms with van der Waals surface area (Å²) in [5.74, 6) is 0.771. The van der Waals surface area contributed by atoms with Crippen molar-refractivity contribution in [3.8, 4) is 5.75 Å². The Morgan fingerprint density at radius 3 is 2.59 bits per heavy atom. The van der Waals surface area contributed by atoms with Crippen molar-refractivity contribution in [2.24, 2.45) is 0 Å². The molecule has 0 aliphatic rings. The van der Waals surface area contributed by atoms with Crippen molar-refractivity contribution >= 4 is 32.7 Å². The molecule has 6 heteroatoms. The first-order chi connectivity index (χ1) is 13.1. The summed E-state index contributed by atoms with van der Waals surface area (Å²) in [7, 11) is 1.64. The fourth-order valence-corrected chi connectivity index (χ4v) is 3.49. The Labute approximate surface area is 167 Å². The van der Waals surface area contributed by atoms with Crippen molar-refractivity contribution in [3.63, 3.8) is 0 Å². The van der Waals surface area contributed by atoms with Crippen LogP contribution in [0.15, 0.2) is 53.0 Å². The molecule has 0 bridgehead atoms. The SMILES string of the molecule is COCCOc1ccc(CNC(=O)Cn2c(C)c(Br)c3ccccc32)cc1. The highest BCUT2D eigenvalue weighted by atomic mass is 79.9. The average molecular weight is 431 g/mol. The quantitative estimate of drug-likeness (QED) is 0.548. The lowest BCUT2D eigenvalue weighted by molar-refractivity contribution is -0.121. The fraction of sp³-hybridized carbons (Fsp3) is 0.286. The van der Waals surface area contributed by atoms with Crippen LogP contribution >= 0.6 is 15.9 Å². The minimum atomic E-state index is -0.0215. The molecule has 5 nitrogen and oxygen atoms in total. The number of ether oxygens (including phenoxy) is 2. The molecule has 0 radical (unpaired) electrons. The fourth-order valence-electron chi connectivity index (χ4n) is 2.94. The van der Waals surface area contributed by atoms with Crippen molar-refractivity contribution in [2.45, 2.75) is 20.0 Å². The van der Waals surface area contributed by atoms with Gasteiger partial charge in [0, 0.05) is 34.7 Å². The van der Waals surface area contributed by atoms with Gasteiger partial charge in [-0.15, -0.1) is 0 Å². The van der Waals surface area contributed by atoms with Crippen LogP contribution in [0.1, 0.15) is 11.3 Å². The predicted octanol–water partition coefficient (Wildman–Crippen LogP) is 4.05. The second-order valence-corrected chi connectivity index (χ2v) is 7.06. The standard InChI is InChI=1S/C21H23BrN2O3/c1-15-21(22)18-5-3-4-6-19(18)24(15)14-20(25)23-13-16-7-9-17(10-8-16)27-12-11-26-2/h3-10H,11-14H2,1-2H3,(H,23,25). The van der Waals surface area contributed by atoms with Crippen LogP contribution in [0.5, 0.6) is 5.75 Å². The Morgan fingerprint density at radius 1 is 1.11 bits per heavy atom. The van der Waals surface area contributed by atoms with E-state index in [0.29, 0.717) is 19.8 Å². The number of hydrogen-bond donors (Lipinski definition) is 1. The van der Waals surface area contributed by atoms with Crippen LogP contribution in [0, 0.1) is 6.92 Å². The zero-order valence-corrected chi connectivity index (χ0v) is 17.1. The maximum Gasteiger partial charge on any atom is 0.240 e. The molecule has 0 unspecified atom stereocenters. The van der Waals surface area contributed by atoms with Crippen LogP contribution in [-0.4, -0.2) is 30.8 Å². The number of halogens is 1. The van der Waals surface area contributed by atoms with Crippen LogP contribution in [0.2, 0.25) is 0 Å². The Bertz CT molecular complexity index is 919. The summed E-state index contributed by atoms with van der Waals surface area (Å²) < 4.78 is 13.6. The number of aromatic nitrogens is 1. The summed E-state index contributed by atoms with van der Waals surface area (Å²) in [6.45, 7) is 3.86. The van der Waals surface area contributed by atoms with E-state index in [0.717, 1.165) is 32.4 Å². The average Bonchev–Trinajstić information content (AvgIpc) is 2.93. The largest absolute Gasteiger partial charge is 0.491 e. The van der Waals surface area contributed by atoms with Gasteiger partial charge in [0.2, 0.25) is 5.91 Å². The van der Waals surface area contributed by atoms with E-state index >= 15 is 0 Å². The highest BCUT2D eigenvalue weighted by molar-refractivity contribution is 9.10. The zero-order valence-electron chi connectivity index (χ0n) is 15.5. The first-order valence-corrected chi connectivity index (χ1v) is 9.60. The van der Waals surface area contributed by atoms with Crippen LogP contribution in [0.3, 0.4) is 0 Å². The number of rotatable bonds is 8. The number of carbonyl (C=O) groups excluding carboxylic acids is 1. The normalized spacial score (nSPS) is 10.9. The maximum atomic E-state index is 12.4. The van der Waals surface area contributed by atoms with Crippen LogP contribution < -0.4 is 10.1 Å². The summed E-state index contributed by atoms with van der Waals surface area (Å²) in [5.41, 5.74) is 3.12. The molecule has 0 spiro atoms. The van der Waals surface area contributed by atoms with Gasteiger partial charge < -0.3 is 19.4 Å². The molecule has 1 aromatic heterocycles. The Morgan fingerprint density at radius 2 is 1.85 bits per heavy atom. The second kappa shape index (κ2) is 9.06. The number of fused-ring (bicyclic) bond motifs is 1. The summed E-state index contributed by atoms with van der Waals surface area (Å²) in [6.07, 6.45) is 0. The molecule has 0 aliphatic carbocycles. The van der Waals surface area contributed by atoms with Gasteiger partial charge >= 0.3 is 0 Å². The molecule has 142 valence electrons. The molecule has 2 aromatic carbocycles. The van der Waals surface area contributed by atoms with E-state index in [2.05, 4.69) is 27.3 Å². The molecule has 3 rings (SSSR count). The van der Waals surface area contributed by atoms with Gasteiger partial charge in [-0.05, 0) is 46.6 Å². The van der Waals surface area contributed by atoms with Gasteiger partial charge in [-0.2, -0.15) is 0 Å². The smallest absolute Gasteiger partial charge is 0.240 e. The molecule has 1 amide bonds. The molecular weight excluding hydrogens is 408 g/mol. The van der Waals surface area contributed by atoms with E-state index in [1.807, 2.05) is 54.0 Å². The summed E-state index contributed by atoms with van der Waals surface area (Å²) in [6, 6.07) is 15.8. The lowest BCUT2D eigenvalue weighted by Gasteiger charge is -2.10. The van der Waals surface area contributed by atoms with Crippen molar-refractivity contribution in [3.05, 3.63) is 64.3 Å². The molecule has 1 N–H and O–H groups in total. The highest BCUT2D eigenvalue weighted by Gasteiger charge is 2.13. The van der Waals surface area contributed by atoms with Crippen LogP contribution in [0.25, 0.3) is 10.9 Å². The number of nitrogens with one attached hydrogen (secondary N) is 1. The molecule has 1 heterocycles. The minimum Gasteiger partial charge on any atom is -0.491 e. The van der Waals surface area contributed by atoms with Gasteiger partial charge in [-0.3, -0.25) is 4.79 Å². The van der Waals surface area contributed by atoms with E-state index in [1.54, 1.807) is 7.11 Å². The monoisotopic (exact) mass is 430 g/mol. The third kappa shape index (κ3) is 4.70. The number of para-hydroxylation sites is 1. The molecule has 27 heavy (non-hydrogen) atoms. The zero-order chi connectivity index (χ0) is 19.2. The first kappa shape index (κ1) is 19.5. The van der Waals surface area contributed by atoms with Crippen molar-refractivity contribution in [2.75, 3.05) is 20.3 Å². The van der Waals surface area contributed by atoms with Crippen molar-refractivity contribution < 1.29 is 14.3 Å². The number of amides is 1. The van der Waals surface area contributed by atoms with Gasteiger partial charge in [-0.25, -0.2) is 0 Å². The van der Waals surface area contributed by atoms with Gasteiger partial charge in [0.25, 0.3) is 0 Å². The summed E-state index contributed by atoms with van der Waals surface area (Å²) in [5, 5.41) is 4.10. The van der Waals surface area contributed by atoms with Crippen molar-refractivity contribution in [1.29, 1.82) is 0 Å². The van der Waals surface area contributed by atoms with E-state index in [9.17, 15) is 4.79 Å². The Hall–Kier alpha value is -2.31. The number of benzene rings is 2. The number of nitrogens with zero attached hydrogens (tertiary/aromatic N) is 1. The van der Waals surface area contributed by atoms with Crippen molar-refractivity contribution in [1.82, 2.24) is 9.88 Å². The molecule has 0 aliphatic heterocycles. The minimum absolute atomic E-state index is 0.0215. The van der Waals surface area contributed by atoms with Gasteiger partial charge in [0.15, 0.2) is 0 Å². The third-order valence-corrected chi connectivity index (χ3v) is 5.43. The van der Waals surface area contributed by atoms with Crippen LogP contribution in [0.4, 0.5) is 0 Å². The third-order valence-electron chi connectivity index (χ3n) is 4.42. The lowest BCUT2D eigenvalue weighted by atomic mass is 10.2. The number of carbonyl (C=O) groups is 1. The number of methoxy groups -OCH3 is 1. The molecule has 0 saturated carbocycles. The highest BCUT2D eigenvalue weighted by Crippen LogP contribution is 2.30. The van der Waals surface area contributed by atoms with E-state index in [4.69, 9.17) is 9.47 Å². The number of hydrogen-bond acceptors (Lipinski definition) is 3. The molecular formula is C21H23BrN2O3. The summed E-state index contributed by atoms with van der Waals surface area (Å²) in [4.78, 5) is 12.4. The lowest BCUT2D eigenvalue weighted by Crippen LogP contribution is -2.27. The van der Waals surface area contributed by atoms with E-state index in [-0.39, 0.29) is 12.5 Å². The van der Waals surface area contributed by atoms with E-state index < -0.39 is 0 Å². The van der Waals surface area contributed by atoms with Crippen LogP contribution in [-0.2, 0) is 22.6 Å². The Kier molecular flexibility index (Phi) is 6.53. The van der Waals surface area contributed by atoms with Gasteiger partial charge in [0.1, 0.15) is 18.9 Å². The van der Waals surface area contributed by atoms with E-state index in [1.165, 1.54) is 0 Å². The maximum absolute atomic E-state index is 12.4. The summed E-state index contributed by atoms with van der Waals surface area (Å²) >= 11 is 3.62. The Balaban J connectivity index is 1.58. The molecule has 0 saturated heterocycles. The molecule has 3 aromatic rings.